The normalized spacial score (nSPS) is 11.7. The molecule has 10 rings (SSSR count). The van der Waals surface area contributed by atoms with Crippen molar-refractivity contribution in [2.45, 2.75) is 146 Å². The van der Waals surface area contributed by atoms with Crippen LogP contribution in [0.25, 0.3) is 57.0 Å². The van der Waals surface area contributed by atoms with Gasteiger partial charge in [0.15, 0.2) is 0 Å². The summed E-state index contributed by atoms with van der Waals surface area (Å²) in [5.74, 6) is 0. The first-order chi connectivity index (χ1) is 41.0. The second kappa shape index (κ2) is 27.5. The highest BCUT2D eigenvalue weighted by molar-refractivity contribution is 6.14. The molecule has 84 heavy (non-hydrogen) atoms. The molecule has 0 saturated heterocycles. The lowest BCUT2D eigenvalue weighted by atomic mass is 9.87. The summed E-state index contributed by atoms with van der Waals surface area (Å²) in [6.07, 6.45) is 22.2. The first-order valence-electron chi connectivity index (χ1n) is 31.6. The average Bonchev–Trinajstić information content (AvgIpc) is 1.42. The fourth-order valence-electron chi connectivity index (χ4n) is 12.7. The van der Waals surface area contributed by atoms with E-state index in [1.165, 1.54) is 145 Å². The fraction of sp³-hybridized carbons (Fsp3) is 0.268. The number of hydrogen-bond acceptors (Lipinski definition) is 2. The van der Waals surface area contributed by atoms with Crippen LogP contribution in [0, 0.1) is 41.5 Å². The number of anilines is 6. The molecule has 2 nitrogen and oxygen atoms in total. The summed E-state index contributed by atoms with van der Waals surface area (Å²) in [6, 6.07) is 69.6. The molecular weight excluding hydrogens is 1010 g/mol. The van der Waals surface area contributed by atoms with Crippen LogP contribution in [0.2, 0.25) is 0 Å². The van der Waals surface area contributed by atoms with Crippen LogP contribution in [-0.2, 0) is 25.7 Å². The topological polar surface area (TPSA) is 6.48 Å². The second-order valence-electron chi connectivity index (χ2n) is 23.9. The van der Waals surface area contributed by atoms with E-state index < -0.39 is 0 Å². The summed E-state index contributed by atoms with van der Waals surface area (Å²) in [5.41, 5.74) is 28.3. The summed E-state index contributed by atoms with van der Waals surface area (Å²) in [7, 11) is 0. The molecule has 0 bridgehead atoms. The number of benzene rings is 10. The molecule has 0 saturated carbocycles. The third kappa shape index (κ3) is 13.3. The molecule has 0 spiro atoms. The van der Waals surface area contributed by atoms with Crippen molar-refractivity contribution in [3.8, 4) is 11.1 Å². The third-order valence-electron chi connectivity index (χ3n) is 17.0. The Hall–Kier alpha value is -8.20. The van der Waals surface area contributed by atoms with Crippen LogP contribution in [0.5, 0.6) is 0 Å². The average molecular weight is 1100 g/mol. The zero-order valence-corrected chi connectivity index (χ0v) is 52.0. The minimum absolute atomic E-state index is 1.03. The highest BCUT2D eigenvalue weighted by Gasteiger charge is 2.28. The Bertz CT molecular complexity index is 3610. The molecule has 0 radical (unpaired) electrons. The van der Waals surface area contributed by atoms with Crippen molar-refractivity contribution < 1.29 is 0 Å². The molecule has 0 aliphatic carbocycles. The quantitative estimate of drug-likeness (QED) is 0.0589. The zero-order chi connectivity index (χ0) is 58.7. The van der Waals surface area contributed by atoms with Crippen LogP contribution in [-0.4, -0.2) is 0 Å². The summed E-state index contributed by atoms with van der Waals surface area (Å²) >= 11 is 0. The van der Waals surface area contributed by atoms with Crippen LogP contribution in [0.4, 0.5) is 34.1 Å². The van der Waals surface area contributed by atoms with Gasteiger partial charge in [-0.1, -0.05) is 246 Å². The van der Waals surface area contributed by atoms with Crippen molar-refractivity contribution in [2.75, 3.05) is 9.80 Å². The SMILES string of the molecule is CCCCc1cc(C)cc(CCCC)c1N(c1ccc(/C=C/c2ccc(C)cc2)cc1)c1c(C)cc(-c2cc(C)c(N(c3ccc(/C=C/c4ccc(C)cc4)cc3)c3c(CCCC)cc(C)cc3CCCC)c3ccccc23)c2ccccc12. The van der Waals surface area contributed by atoms with Crippen molar-refractivity contribution in [3.05, 3.63) is 260 Å². The Morgan fingerprint density at radius 3 is 0.845 bits per heavy atom. The van der Waals surface area contributed by atoms with E-state index in [9.17, 15) is 0 Å². The predicted molar refractivity (Wildman–Crippen MR) is 370 cm³/mol. The van der Waals surface area contributed by atoms with Crippen molar-refractivity contribution in [1.82, 2.24) is 0 Å². The van der Waals surface area contributed by atoms with Gasteiger partial charge in [0.05, 0.1) is 22.7 Å². The summed E-state index contributed by atoms with van der Waals surface area (Å²) in [6.45, 7) is 22.9. The van der Waals surface area contributed by atoms with Gasteiger partial charge in [0, 0.05) is 22.1 Å². The molecular formula is C82H88N2. The Morgan fingerprint density at radius 2 is 0.560 bits per heavy atom. The molecule has 2 heteroatoms. The second-order valence-corrected chi connectivity index (χ2v) is 23.9. The maximum atomic E-state index is 2.66. The fourth-order valence-corrected chi connectivity index (χ4v) is 12.7. The Morgan fingerprint density at radius 1 is 0.286 bits per heavy atom. The summed E-state index contributed by atoms with van der Waals surface area (Å²) < 4.78 is 0. The van der Waals surface area contributed by atoms with Crippen molar-refractivity contribution in [2.24, 2.45) is 0 Å². The molecule has 426 valence electrons. The van der Waals surface area contributed by atoms with Gasteiger partial charge in [-0.15, -0.1) is 0 Å². The molecule has 0 fully saturated rings. The Labute approximate surface area is 504 Å². The summed E-state index contributed by atoms with van der Waals surface area (Å²) in [5, 5.41) is 5.01. The van der Waals surface area contributed by atoms with Gasteiger partial charge >= 0.3 is 0 Å². The van der Waals surface area contributed by atoms with Crippen molar-refractivity contribution >= 4 is 80.0 Å². The van der Waals surface area contributed by atoms with E-state index in [0.29, 0.717) is 0 Å². The highest BCUT2D eigenvalue weighted by Crippen LogP contribution is 2.51. The first-order valence-corrected chi connectivity index (χ1v) is 31.6. The van der Waals surface area contributed by atoms with E-state index in [-0.39, 0.29) is 0 Å². The zero-order valence-electron chi connectivity index (χ0n) is 52.0. The largest absolute Gasteiger partial charge is 0.309 e. The van der Waals surface area contributed by atoms with Gasteiger partial charge in [-0.3, -0.25) is 0 Å². The van der Waals surface area contributed by atoms with E-state index in [4.69, 9.17) is 0 Å². The van der Waals surface area contributed by atoms with E-state index >= 15 is 0 Å². The standard InChI is InChI=1S/C82H88N2/c1-11-15-23-67-51-59(7)52-68(24-16-12-2)81(67)83(71-47-43-65(44-48-71)41-39-63-35-31-57(5)32-36-63)79-61(9)55-77(73-27-19-21-29-75(73)79)78-56-62(10)80(76-30-22-20-28-74(76)78)84(82-69(25-17-13-3)53-60(8)54-70(82)26-18-14-4)72-49-45-66(46-50-72)42-40-64-37-33-58(6)34-38-64/h19-22,27-56H,11-18,23-26H2,1-10H3/b41-39+,42-40+. The number of unbranched alkanes of at least 4 members (excludes halogenated alkanes) is 4. The molecule has 0 aliphatic rings. The van der Waals surface area contributed by atoms with E-state index in [2.05, 4.69) is 285 Å². The maximum Gasteiger partial charge on any atom is 0.0569 e. The highest BCUT2D eigenvalue weighted by atomic mass is 15.2. The molecule has 10 aromatic rings. The molecule has 0 aromatic heterocycles. The smallest absolute Gasteiger partial charge is 0.0569 e. The van der Waals surface area contributed by atoms with E-state index in [1.807, 2.05) is 0 Å². The van der Waals surface area contributed by atoms with Crippen molar-refractivity contribution in [3.63, 3.8) is 0 Å². The maximum absolute atomic E-state index is 2.66. The number of hydrogen-bond donors (Lipinski definition) is 0. The lowest BCUT2D eigenvalue weighted by molar-refractivity contribution is 0.778. The van der Waals surface area contributed by atoms with Gasteiger partial charge in [-0.25, -0.2) is 0 Å². The van der Waals surface area contributed by atoms with Crippen LogP contribution in [0.1, 0.15) is 157 Å². The van der Waals surface area contributed by atoms with Crippen LogP contribution >= 0.6 is 0 Å². The lowest BCUT2D eigenvalue weighted by Crippen LogP contribution is -2.17. The molecule has 0 unspecified atom stereocenters. The summed E-state index contributed by atoms with van der Waals surface area (Å²) in [4.78, 5) is 5.32. The molecule has 0 aliphatic heterocycles. The Kier molecular flexibility index (Phi) is 19.3. The minimum Gasteiger partial charge on any atom is -0.309 e. The number of fused-ring (bicyclic) bond motifs is 2. The van der Waals surface area contributed by atoms with Crippen LogP contribution in [0.3, 0.4) is 0 Å². The Balaban J connectivity index is 1.18. The van der Waals surface area contributed by atoms with Gasteiger partial charge in [-0.2, -0.15) is 0 Å². The monoisotopic (exact) mass is 1100 g/mol. The van der Waals surface area contributed by atoms with Crippen molar-refractivity contribution in [1.29, 1.82) is 0 Å². The van der Waals surface area contributed by atoms with E-state index in [0.717, 1.165) is 77.0 Å². The molecule has 10 aromatic carbocycles. The van der Waals surface area contributed by atoms with E-state index in [1.54, 1.807) is 0 Å². The van der Waals surface area contributed by atoms with Gasteiger partial charge in [0.2, 0.25) is 0 Å². The number of nitrogens with zero attached hydrogens (tertiary/aromatic N) is 2. The molecule has 0 amide bonds. The van der Waals surface area contributed by atoms with Crippen LogP contribution in [0.15, 0.2) is 182 Å². The number of aryl methyl sites for hydroxylation is 10. The predicted octanol–water partition coefficient (Wildman–Crippen LogP) is 24.2. The van der Waals surface area contributed by atoms with Gasteiger partial charge in [0.25, 0.3) is 0 Å². The first kappa shape index (κ1) is 59.0. The third-order valence-corrected chi connectivity index (χ3v) is 17.0. The lowest BCUT2D eigenvalue weighted by Gasteiger charge is -2.34. The minimum atomic E-state index is 1.03. The molecule has 0 N–H and O–H groups in total. The van der Waals surface area contributed by atoms with Gasteiger partial charge < -0.3 is 9.80 Å². The molecule has 0 heterocycles. The number of rotatable bonds is 23. The van der Waals surface area contributed by atoms with Gasteiger partial charge in [0.1, 0.15) is 0 Å². The van der Waals surface area contributed by atoms with Crippen LogP contribution < -0.4 is 9.80 Å². The van der Waals surface area contributed by atoms with Gasteiger partial charge in [-0.05, 0) is 207 Å². The molecule has 0 atom stereocenters.